The van der Waals surface area contributed by atoms with E-state index in [4.69, 9.17) is 16.3 Å². The van der Waals surface area contributed by atoms with Gasteiger partial charge in [-0.15, -0.1) is 0 Å². The van der Waals surface area contributed by atoms with E-state index in [0.717, 1.165) is 11.1 Å². The third-order valence-corrected chi connectivity index (χ3v) is 4.46. The molecule has 154 valence electrons. The minimum atomic E-state index is -0.496. The van der Waals surface area contributed by atoms with E-state index in [9.17, 15) is 9.59 Å². The molecule has 1 atom stereocenters. The van der Waals surface area contributed by atoms with Gasteiger partial charge in [-0.05, 0) is 47.5 Å². The lowest BCUT2D eigenvalue weighted by molar-refractivity contribution is -0.120. The van der Waals surface area contributed by atoms with E-state index in [1.54, 1.807) is 55.0 Å². The van der Waals surface area contributed by atoms with Gasteiger partial charge < -0.3 is 15.4 Å². The van der Waals surface area contributed by atoms with Crippen molar-refractivity contribution in [3.8, 4) is 5.75 Å². The summed E-state index contributed by atoms with van der Waals surface area (Å²) >= 11 is 5.93. The molecule has 0 aliphatic rings. The quantitative estimate of drug-likeness (QED) is 0.571. The van der Waals surface area contributed by atoms with Crippen molar-refractivity contribution in [2.45, 2.75) is 26.0 Å². The number of ether oxygens (including phenoxy) is 1. The van der Waals surface area contributed by atoms with E-state index >= 15 is 0 Å². The van der Waals surface area contributed by atoms with Gasteiger partial charge in [0.05, 0.1) is 12.5 Å². The fraction of sp³-hybridized carbons (Fsp3) is 0.182. The third kappa shape index (κ3) is 6.28. The van der Waals surface area contributed by atoms with Crippen molar-refractivity contribution in [1.29, 1.82) is 0 Å². The molecule has 2 aromatic heterocycles. The molecule has 1 aromatic carbocycles. The molecule has 0 radical (unpaired) electrons. The number of nitrogens with zero attached hydrogens (tertiary/aromatic N) is 2. The fourth-order valence-electron chi connectivity index (χ4n) is 2.80. The number of carbonyl (C=O) groups is 2. The van der Waals surface area contributed by atoms with Crippen LogP contribution < -0.4 is 15.4 Å². The Labute approximate surface area is 179 Å². The van der Waals surface area contributed by atoms with Crippen molar-refractivity contribution in [3.63, 3.8) is 0 Å². The summed E-state index contributed by atoms with van der Waals surface area (Å²) in [7, 11) is 0. The summed E-state index contributed by atoms with van der Waals surface area (Å²) in [6, 6.07) is 13.6. The van der Waals surface area contributed by atoms with Crippen molar-refractivity contribution < 1.29 is 14.3 Å². The number of hydrogen-bond donors (Lipinski definition) is 2. The van der Waals surface area contributed by atoms with Crippen molar-refractivity contribution in [2.24, 2.45) is 0 Å². The summed E-state index contributed by atoms with van der Waals surface area (Å²) in [5, 5.41) is 6.14. The molecule has 0 aliphatic heterocycles. The molecule has 0 aliphatic carbocycles. The molecule has 8 heteroatoms. The van der Waals surface area contributed by atoms with Gasteiger partial charge in [0.15, 0.2) is 11.6 Å². The van der Waals surface area contributed by atoms with Crippen LogP contribution in [-0.4, -0.2) is 21.8 Å². The number of halogens is 1. The van der Waals surface area contributed by atoms with Crippen molar-refractivity contribution in [2.75, 3.05) is 5.32 Å². The zero-order valence-electron chi connectivity index (χ0n) is 16.3. The summed E-state index contributed by atoms with van der Waals surface area (Å²) in [5.74, 6) is 0.220. The number of nitrogens with one attached hydrogen (secondary N) is 2. The molecule has 3 aromatic rings. The monoisotopic (exact) mass is 424 g/mol. The molecule has 0 bridgehead atoms. The van der Waals surface area contributed by atoms with Crippen molar-refractivity contribution in [1.82, 2.24) is 15.3 Å². The number of aromatic nitrogens is 2. The van der Waals surface area contributed by atoms with Crippen LogP contribution in [0, 0.1) is 0 Å². The molecular weight excluding hydrogens is 404 g/mol. The number of hydrogen-bond acceptors (Lipinski definition) is 5. The molecule has 3 rings (SSSR count). The highest BCUT2D eigenvalue weighted by atomic mass is 35.5. The SMILES string of the molecule is CC(=O)NC(CC(=O)Nc1ncccc1OCc1ccncc1)c1ccc(Cl)cc1. The highest BCUT2D eigenvalue weighted by Gasteiger charge is 2.18. The van der Waals surface area contributed by atoms with Gasteiger partial charge in [0.1, 0.15) is 6.61 Å². The first-order chi connectivity index (χ1) is 14.5. The zero-order valence-corrected chi connectivity index (χ0v) is 17.1. The third-order valence-electron chi connectivity index (χ3n) is 4.21. The molecule has 0 saturated heterocycles. The Morgan fingerprint density at radius 1 is 1.07 bits per heavy atom. The van der Waals surface area contributed by atoms with E-state index in [0.29, 0.717) is 23.2 Å². The van der Waals surface area contributed by atoms with Crippen LogP contribution in [-0.2, 0) is 16.2 Å². The van der Waals surface area contributed by atoms with Crippen molar-refractivity contribution in [3.05, 3.63) is 83.3 Å². The molecule has 0 fully saturated rings. The normalized spacial score (nSPS) is 11.4. The molecule has 30 heavy (non-hydrogen) atoms. The maximum atomic E-state index is 12.7. The first-order valence-electron chi connectivity index (χ1n) is 9.30. The lowest BCUT2D eigenvalue weighted by atomic mass is 10.0. The second-order valence-corrected chi connectivity index (χ2v) is 6.99. The highest BCUT2D eigenvalue weighted by molar-refractivity contribution is 6.30. The average Bonchev–Trinajstić information content (AvgIpc) is 2.73. The van der Waals surface area contributed by atoms with Crippen LogP contribution >= 0.6 is 11.6 Å². The topological polar surface area (TPSA) is 93.2 Å². The highest BCUT2D eigenvalue weighted by Crippen LogP contribution is 2.24. The van der Waals surface area contributed by atoms with Crippen LogP contribution in [0.25, 0.3) is 0 Å². The van der Waals surface area contributed by atoms with Gasteiger partial charge in [-0.25, -0.2) is 4.98 Å². The van der Waals surface area contributed by atoms with Gasteiger partial charge in [0.25, 0.3) is 0 Å². The summed E-state index contributed by atoms with van der Waals surface area (Å²) in [4.78, 5) is 32.5. The summed E-state index contributed by atoms with van der Waals surface area (Å²) < 4.78 is 5.80. The van der Waals surface area contributed by atoms with Gasteiger partial charge in [0, 0.05) is 30.5 Å². The predicted octanol–water partition coefficient (Wildman–Crippen LogP) is 3.92. The maximum absolute atomic E-state index is 12.7. The summed E-state index contributed by atoms with van der Waals surface area (Å²) in [5.41, 5.74) is 1.72. The first kappa shape index (κ1) is 21.3. The second kappa shape index (κ2) is 10.4. The molecule has 0 spiro atoms. The van der Waals surface area contributed by atoms with Crippen LogP contribution in [0.1, 0.15) is 30.5 Å². The van der Waals surface area contributed by atoms with E-state index in [1.807, 2.05) is 12.1 Å². The summed E-state index contributed by atoms with van der Waals surface area (Å²) in [6.45, 7) is 1.72. The van der Waals surface area contributed by atoms with E-state index < -0.39 is 6.04 Å². The molecule has 1 unspecified atom stereocenters. The Morgan fingerprint density at radius 2 is 1.80 bits per heavy atom. The van der Waals surface area contributed by atoms with Gasteiger partial charge in [-0.3, -0.25) is 14.6 Å². The minimum absolute atomic E-state index is 0.0293. The lowest BCUT2D eigenvalue weighted by Crippen LogP contribution is -2.30. The average molecular weight is 425 g/mol. The molecule has 2 N–H and O–H groups in total. The second-order valence-electron chi connectivity index (χ2n) is 6.55. The molecule has 2 heterocycles. The smallest absolute Gasteiger partial charge is 0.228 e. The number of carbonyl (C=O) groups excluding carboxylic acids is 2. The fourth-order valence-corrected chi connectivity index (χ4v) is 2.93. The Balaban J connectivity index is 1.68. The summed E-state index contributed by atoms with van der Waals surface area (Å²) in [6.07, 6.45) is 4.97. The minimum Gasteiger partial charge on any atom is -0.485 e. The van der Waals surface area contributed by atoms with Crippen molar-refractivity contribution >= 4 is 29.2 Å². The van der Waals surface area contributed by atoms with Gasteiger partial charge in [-0.2, -0.15) is 0 Å². The lowest BCUT2D eigenvalue weighted by Gasteiger charge is -2.18. The molecular formula is C22H21ClN4O3. The number of amides is 2. The number of benzene rings is 1. The van der Waals surface area contributed by atoms with Crippen LogP contribution in [0.2, 0.25) is 5.02 Å². The van der Waals surface area contributed by atoms with E-state index in [2.05, 4.69) is 20.6 Å². The Bertz CT molecular complexity index is 997. The van der Waals surface area contributed by atoms with Gasteiger partial charge in [-0.1, -0.05) is 23.7 Å². The first-order valence-corrected chi connectivity index (χ1v) is 9.68. The number of rotatable bonds is 8. The Hall–Kier alpha value is -3.45. The molecule has 2 amide bonds. The largest absolute Gasteiger partial charge is 0.485 e. The Kier molecular flexibility index (Phi) is 7.34. The standard InChI is InChI=1S/C22H21ClN4O3/c1-15(28)26-19(17-4-6-18(23)7-5-17)13-21(29)27-22-20(3-2-10-25-22)30-14-16-8-11-24-12-9-16/h2-12,19H,13-14H2,1H3,(H,26,28)(H,25,27,29). The Morgan fingerprint density at radius 3 is 2.50 bits per heavy atom. The predicted molar refractivity (Wildman–Crippen MR) is 114 cm³/mol. The number of anilines is 1. The van der Waals surface area contributed by atoms with E-state index in [1.165, 1.54) is 6.92 Å². The molecule has 7 nitrogen and oxygen atoms in total. The zero-order chi connectivity index (χ0) is 21.3. The van der Waals surface area contributed by atoms with Gasteiger partial charge in [0.2, 0.25) is 11.8 Å². The molecule has 0 saturated carbocycles. The van der Waals surface area contributed by atoms with Crippen LogP contribution in [0.15, 0.2) is 67.1 Å². The van der Waals surface area contributed by atoms with Gasteiger partial charge >= 0.3 is 0 Å². The van der Waals surface area contributed by atoms with E-state index in [-0.39, 0.29) is 18.2 Å². The number of pyridine rings is 2. The van der Waals surface area contributed by atoms with Crippen LogP contribution in [0.5, 0.6) is 5.75 Å². The maximum Gasteiger partial charge on any atom is 0.228 e. The van der Waals surface area contributed by atoms with Crippen LogP contribution in [0.4, 0.5) is 5.82 Å². The van der Waals surface area contributed by atoms with Crippen LogP contribution in [0.3, 0.4) is 0 Å².